The molecule has 0 aliphatic carbocycles. The third-order valence-corrected chi connectivity index (χ3v) is 5.16. The van der Waals surface area contributed by atoms with E-state index in [4.69, 9.17) is 4.74 Å². The Morgan fingerprint density at radius 1 is 1.15 bits per heavy atom. The lowest BCUT2D eigenvalue weighted by Crippen LogP contribution is -2.11. The molecule has 0 radical (unpaired) electrons. The molecule has 0 saturated carbocycles. The van der Waals surface area contributed by atoms with Gasteiger partial charge in [-0.2, -0.15) is 0 Å². The summed E-state index contributed by atoms with van der Waals surface area (Å²) in [4.78, 5) is 13.2. The van der Waals surface area contributed by atoms with Gasteiger partial charge in [0.15, 0.2) is 0 Å². The Bertz CT molecular complexity index is 943. The van der Waals surface area contributed by atoms with Gasteiger partial charge in [-0.1, -0.05) is 55.5 Å². The van der Waals surface area contributed by atoms with Crippen LogP contribution in [-0.2, 0) is 13.0 Å². The lowest BCUT2D eigenvalue weighted by Gasteiger charge is -2.09. The Morgan fingerprint density at radius 2 is 1.93 bits per heavy atom. The molecule has 0 aliphatic rings. The Kier molecular flexibility index (Phi) is 6.44. The van der Waals surface area contributed by atoms with Gasteiger partial charge in [-0.05, 0) is 42.5 Å². The second-order valence-corrected chi connectivity index (χ2v) is 7.02. The zero-order chi connectivity index (χ0) is 19.1. The van der Waals surface area contributed by atoms with Crippen molar-refractivity contribution >= 4 is 29.0 Å². The number of rotatable bonds is 7. The SMILES string of the molecule is C/C=C/c1ccccc1OCc1csc(C(=O)Nc2ccccc2CC)c1. The van der Waals surface area contributed by atoms with Gasteiger partial charge < -0.3 is 10.1 Å². The molecule has 4 heteroatoms. The van der Waals surface area contributed by atoms with Crippen LogP contribution in [-0.4, -0.2) is 5.91 Å². The van der Waals surface area contributed by atoms with Gasteiger partial charge in [-0.3, -0.25) is 4.79 Å². The van der Waals surface area contributed by atoms with E-state index in [1.807, 2.05) is 79.1 Å². The molecule has 0 bridgehead atoms. The second kappa shape index (κ2) is 9.19. The van der Waals surface area contributed by atoms with Gasteiger partial charge in [-0.15, -0.1) is 11.3 Å². The Morgan fingerprint density at radius 3 is 2.74 bits per heavy atom. The zero-order valence-electron chi connectivity index (χ0n) is 15.6. The summed E-state index contributed by atoms with van der Waals surface area (Å²) in [6, 6.07) is 17.7. The lowest BCUT2D eigenvalue weighted by molar-refractivity contribution is 0.103. The van der Waals surface area contributed by atoms with E-state index in [2.05, 4.69) is 12.2 Å². The minimum absolute atomic E-state index is 0.0820. The normalized spacial score (nSPS) is 10.9. The standard InChI is InChI=1S/C23H23NO2S/c1-3-9-19-11-6-8-13-21(19)26-15-17-14-22(27-16-17)23(25)24-20-12-7-5-10-18(20)4-2/h3,5-14,16H,4,15H2,1-2H3,(H,24,25)/b9-3+. The molecule has 3 rings (SSSR count). The molecule has 0 unspecified atom stereocenters. The van der Waals surface area contributed by atoms with Crippen LogP contribution in [0, 0.1) is 0 Å². The number of hydrogen-bond acceptors (Lipinski definition) is 3. The van der Waals surface area contributed by atoms with Crippen molar-refractivity contribution in [2.24, 2.45) is 0 Å². The summed E-state index contributed by atoms with van der Waals surface area (Å²) in [5, 5.41) is 4.98. The van der Waals surface area contributed by atoms with E-state index < -0.39 is 0 Å². The lowest BCUT2D eigenvalue weighted by atomic mass is 10.1. The van der Waals surface area contributed by atoms with Gasteiger partial charge in [0.25, 0.3) is 5.91 Å². The van der Waals surface area contributed by atoms with Crippen LogP contribution in [0.4, 0.5) is 5.69 Å². The van der Waals surface area contributed by atoms with E-state index in [0.29, 0.717) is 11.5 Å². The van der Waals surface area contributed by atoms with E-state index in [1.165, 1.54) is 11.3 Å². The summed E-state index contributed by atoms with van der Waals surface area (Å²) >= 11 is 1.43. The zero-order valence-corrected chi connectivity index (χ0v) is 16.4. The maximum absolute atomic E-state index is 12.6. The number of hydrogen-bond donors (Lipinski definition) is 1. The number of carbonyl (C=O) groups excluding carboxylic acids is 1. The van der Waals surface area contributed by atoms with Crippen LogP contribution in [0.1, 0.15) is 40.2 Å². The summed E-state index contributed by atoms with van der Waals surface area (Å²) in [7, 11) is 0. The van der Waals surface area contributed by atoms with Crippen molar-refractivity contribution in [2.45, 2.75) is 26.9 Å². The van der Waals surface area contributed by atoms with Gasteiger partial charge in [0.2, 0.25) is 0 Å². The van der Waals surface area contributed by atoms with Crippen LogP contribution in [0.25, 0.3) is 6.08 Å². The molecule has 3 nitrogen and oxygen atoms in total. The van der Waals surface area contributed by atoms with Gasteiger partial charge in [0, 0.05) is 16.8 Å². The first-order valence-electron chi connectivity index (χ1n) is 9.02. The van der Waals surface area contributed by atoms with Gasteiger partial charge in [0.05, 0.1) is 4.88 Å². The quantitative estimate of drug-likeness (QED) is 0.534. The average molecular weight is 378 g/mol. The largest absolute Gasteiger partial charge is 0.488 e. The summed E-state index contributed by atoms with van der Waals surface area (Å²) < 4.78 is 5.95. The highest BCUT2D eigenvalue weighted by Crippen LogP contribution is 2.23. The molecule has 1 aromatic heterocycles. The molecule has 1 amide bonds. The van der Waals surface area contributed by atoms with E-state index in [-0.39, 0.29) is 5.91 Å². The number of ether oxygens (including phenoxy) is 1. The maximum Gasteiger partial charge on any atom is 0.265 e. The first-order valence-corrected chi connectivity index (χ1v) is 9.90. The molecular formula is C23H23NO2S. The van der Waals surface area contributed by atoms with Gasteiger partial charge >= 0.3 is 0 Å². The molecule has 0 saturated heterocycles. The topological polar surface area (TPSA) is 38.3 Å². The molecular weight excluding hydrogens is 354 g/mol. The summed E-state index contributed by atoms with van der Waals surface area (Å²) in [5.74, 6) is 0.756. The smallest absolute Gasteiger partial charge is 0.265 e. The van der Waals surface area contributed by atoms with Crippen LogP contribution in [0.2, 0.25) is 0 Å². The molecule has 27 heavy (non-hydrogen) atoms. The van der Waals surface area contributed by atoms with Crippen LogP contribution in [0.15, 0.2) is 66.1 Å². The van der Waals surface area contributed by atoms with Crippen LogP contribution < -0.4 is 10.1 Å². The summed E-state index contributed by atoms with van der Waals surface area (Å²) in [6.45, 7) is 4.50. The van der Waals surface area contributed by atoms with Crippen molar-refractivity contribution in [3.8, 4) is 5.75 Å². The minimum Gasteiger partial charge on any atom is -0.488 e. The number of nitrogens with one attached hydrogen (secondary N) is 1. The Balaban J connectivity index is 1.65. The Hall–Kier alpha value is -2.85. The predicted molar refractivity (Wildman–Crippen MR) is 114 cm³/mol. The highest BCUT2D eigenvalue weighted by molar-refractivity contribution is 7.12. The number of benzene rings is 2. The molecule has 0 atom stereocenters. The number of thiophene rings is 1. The fourth-order valence-corrected chi connectivity index (χ4v) is 3.59. The van der Waals surface area contributed by atoms with E-state index in [0.717, 1.165) is 34.5 Å². The predicted octanol–water partition coefficient (Wildman–Crippen LogP) is 6.17. The van der Waals surface area contributed by atoms with Crippen LogP contribution in [0.5, 0.6) is 5.75 Å². The number of amides is 1. The molecule has 0 fully saturated rings. The van der Waals surface area contributed by atoms with E-state index in [9.17, 15) is 4.79 Å². The molecule has 1 N–H and O–H groups in total. The van der Waals surface area contributed by atoms with Crippen LogP contribution >= 0.6 is 11.3 Å². The van der Waals surface area contributed by atoms with Gasteiger partial charge in [0.1, 0.15) is 12.4 Å². The van der Waals surface area contributed by atoms with Crippen molar-refractivity contribution in [3.63, 3.8) is 0 Å². The fourth-order valence-electron chi connectivity index (χ4n) is 2.80. The fraction of sp³-hybridized carbons (Fsp3) is 0.174. The molecule has 0 aliphatic heterocycles. The third kappa shape index (κ3) is 4.86. The monoisotopic (exact) mass is 377 g/mol. The van der Waals surface area contributed by atoms with Crippen molar-refractivity contribution in [3.05, 3.63) is 87.6 Å². The maximum atomic E-state index is 12.6. The van der Waals surface area contributed by atoms with E-state index in [1.54, 1.807) is 0 Å². The summed E-state index contributed by atoms with van der Waals surface area (Å²) in [6.07, 6.45) is 4.89. The number of anilines is 1. The van der Waals surface area contributed by atoms with Crippen LogP contribution in [0.3, 0.4) is 0 Å². The average Bonchev–Trinajstić information content (AvgIpc) is 3.17. The summed E-state index contributed by atoms with van der Waals surface area (Å²) in [5.41, 5.74) is 4.04. The minimum atomic E-state index is -0.0820. The van der Waals surface area contributed by atoms with Crippen molar-refractivity contribution in [2.75, 3.05) is 5.32 Å². The van der Waals surface area contributed by atoms with Crippen molar-refractivity contribution in [1.29, 1.82) is 0 Å². The van der Waals surface area contributed by atoms with E-state index >= 15 is 0 Å². The van der Waals surface area contributed by atoms with Gasteiger partial charge in [-0.25, -0.2) is 0 Å². The molecule has 1 heterocycles. The highest BCUT2D eigenvalue weighted by atomic mass is 32.1. The first-order chi connectivity index (χ1) is 13.2. The number of aryl methyl sites for hydroxylation is 1. The van der Waals surface area contributed by atoms with Crippen molar-refractivity contribution in [1.82, 2.24) is 0 Å². The molecule has 3 aromatic rings. The second-order valence-electron chi connectivity index (χ2n) is 6.11. The number of para-hydroxylation sites is 2. The third-order valence-electron chi connectivity index (χ3n) is 4.18. The van der Waals surface area contributed by atoms with Crippen molar-refractivity contribution < 1.29 is 9.53 Å². The molecule has 0 spiro atoms. The number of carbonyl (C=O) groups is 1. The molecule has 2 aromatic carbocycles. The highest BCUT2D eigenvalue weighted by Gasteiger charge is 2.12. The number of allylic oxidation sites excluding steroid dienone is 1. The first kappa shape index (κ1) is 18.9. The Labute approximate surface area is 164 Å². The molecule has 138 valence electrons.